The molecule has 0 aliphatic carbocycles. The molecule has 0 aliphatic heterocycles. The van der Waals surface area contributed by atoms with Crippen molar-refractivity contribution in [1.82, 2.24) is 15.0 Å². The quantitative estimate of drug-likeness (QED) is 0.548. The van der Waals surface area contributed by atoms with Crippen molar-refractivity contribution >= 4 is 5.91 Å². The van der Waals surface area contributed by atoms with Crippen LogP contribution in [-0.4, -0.2) is 28.0 Å². The molecule has 158 valence electrons. The monoisotopic (exact) mass is 417 g/mol. The average molecular weight is 417 g/mol. The Kier molecular flexibility index (Phi) is 6.54. The molecule has 1 aromatic heterocycles. The lowest BCUT2D eigenvalue weighted by molar-refractivity contribution is -0.137. The van der Waals surface area contributed by atoms with Gasteiger partial charge in [0.2, 0.25) is 17.6 Å². The predicted octanol–water partition coefficient (Wildman–Crippen LogP) is 4.91. The number of aryl methyl sites for hydroxylation is 2. The first-order chi connectivity index (χ1) is 14.3. The van der Waals surface area contributed by atoms with Crippen molar-refractivity contribution in [3.8, 4) is 11.4 Å². The third-order valence-corrected chi connectivity index (χ3v) is 4.77. The summed E-state index contributed by atoms with van der Waals surface area (Å²) in [6, 6.07) is 12.6. The number of amides is 1. The van der Waals surface area contributed by atoms with Gasteiger partial charge in [0.05, 0.1) is 5.56 Å². The summed E-state index contributed by atoms with van der Waals surface area (Å²) in [6.45, 7) is 2.29. The van der Waals surface area contributed by atoms with Gasteiger partial charge in [-0.3, -0.25) is 4.79 Å². The van der Waals surface area contributed by atoms with Crippen LogP contribution in [0.3, 0.4) is 0 Å². The van der Waals surface area contributed by atoms with E-state index in [2.05, 4.69) is 17.1 Å². The van der Waals surface area contributed by atoms with Crippen molar-refractivity contribution in [2.24, 2.45) is 0 Å². The summed E-state index contributed by atoms with van der Waals surface area (Å²) in [5.74, 6) is 0.668. The fraction of sp³-hybridized carbons (Fsp3) is 0.318. The Morgan fingerprint density at radius 1 is 1.03 bits per heavy atom. The van der Waals surface area contributed by atoms with Crippen molar-refractivity contribution in [1.29, 1.82) is 0 Å². The molecule has 0 saturated heterocycles. The lowest BCUT2D eigenvalue weighted by atomic mass is 10.1. The number of hydrogen-bond acceptors (Lipinski definition) is 4. The summed E-state index contributed by atoms with van der Waals surface area (Å²) in [5.41, 5.74) is 1.96. The maximum atomic E-state index is 12.6. The average Bonchev–Trinajstić information content (AvgIpc) is 3.21. The number of rotatable bonds is 7. The van der Waals surface area contributed by atoms with Crippen LogP contribution >= 0.6 is 0 Å². The molecule has 0 bridgehead atoms. The number of halogens is 3. The summed E-state index contributed by atoms with van der Waals surface area (Å²) >= 11 is 0. The van der Waals surface area contributed by atoms with Crippen molar-refractivity contribution < 1.29 is 22.5 Å². The molecule has 0 unspecified atom stereocenters. The van der Waals surface area contributed by atoms with E-state index >= 15 is 0 Å². The molecule has 3 aromatic rings. The lowest BCUT2D eigenvalue weighted by Crippen LogP contribution is -2.26. The van der Waals surface area contributed by atoms with E-state index in [9.17, 15) is 18.0 Å². The minimum atomic E-state index is -4.37. The maximum Gasteiger partial charge on any atom is 0.416 e. The Bertz CT molecular complexity index is 980. The van der Waals surface area contributed by atoms with Gasteiger partial charge in [0.15, 0.2) is 0 Å². The Morgan fingerprint density at radius 2 is 1.67 bits per heavy atom. The van der Waals surface area contributed by atoms with Gasteiger partial charge < -0.3 is 9.42 Å². The third kappa shape index (κ3) is 5.46. The molecule has 3 rings (SSSR count). The van der Waals surface area contributed by atoms with Crippen molar-refractivity contribution in [2.75, 3.05) is 7.05 Å². The van der Waals surface area contributed by atoms with Crippen LogP contribution < -0.4 is 0 Å². The second kappa shape index (κ2) is 9.11. The molecule has 0 saturated carbocycles. The van der Waals surface area contributed by atoms with Crippen LogP contribution in [0.4, 0.5) is 13.2 Å². The van der Waals surface area contributed by atoms with E-state index in [0.717, 1.165) is 24.1 Å². The molecule has 0 fully saturated rings. The van der Waals surface area contributed by atoms with E-state index in [4.69, 9.17) is 4.52 Å². The minimum Gasteiger partial charge on any atom is -0.341 e. The zero-order valence-corrected chi connectivity index (χ0v) is 16.7. The Morgan fingerprint density at radius 3 is 2.27 bits per heavy atom. The van der Waals surface area contributed by atoms with E-state index in [1.807, 2.05) is 24.3 Å². The number of nitrogens with zero attached hydrogens (tertiary/aromatic N) is 3. The Labute approximate surface area is 172 Å². The van der Waals surface area contributed by atoms with Gasteiger partial charge in [-0.2, -0.15) is 18.2 Å². The zero-order chi connectivity index (χ0) is 21.7. The highest BCUT2D eigenvalue weighted by molar-refractivity contribution is 5.76. The summed E-state index contributed by atoms with van der Waals surface area (Å²) in [6.07, 6.45) is -2.98. The molecule has 0 spiro atoms. The molecule has 1 amide bonds. The SMILES string of the molecule is CCc1ccc(-c2noc(CCC(=O)N(C)Cc3ccc(C(F)(F)F)cc3)n2)cc1. The van der Waals surface area contributed by atoms with Crippen LogP contribution in [0.25, 0.3) is 11.4 Å². The van der Waals surface area contributed by atoms with Gasteiger partial charge in [-0.1, -0.05) is 48.5 Å². The number of carbonyl (C=O) groups is 1. The molecule has 0 N–H and O–H groups in total. The Hall–Kier alpha value is -3.16. The van der Waals surface area contributed by atoms with Crippen LogP contribution in [0, 0.1) is 0 Å². The first-order valence-electron chi connectivity index (χ1n) is 9.58. The van der Waals surface area contributed by atoms with Crippen molar-refractivity contribution in [3.63, 3.8) is 0 Å². The van der Waals surface area contributed by atoms with Gasteiger partial charge in [0.1, 0.15) is 0 Å². The topological polar surface area (TPSA) is 59.2 Å². The zero-order valence-electron chi connectivity index (χ0n) is 16.7. The maximum absolute atomic E-state index is 12.6. The molecule has 30 heavy (non-hydrogen) atoms. The van der Waals surface area contributed by atoms with Gasteiger partial charge >= 0.3 is 6.18 Å². The molecule has 2 aromatic carbocycles. The molecule has 1 heterocycles. The largest absolute Gasteiger partial charge is 0.416 e. The van der Waals surface area contributed by atoms with Crippen LogP contribution in [0.15, 0.2) is 53.1 Å². The van der Waals surface area contributed by atoms with E-state index in [0.29, 0.717) is 17.3 Å². The van der Waals surface area contributed by atoms with Crippen molar-refractivity contribution in [2.45, 2.75) is 38.9 Å². The normalized spacial score (nSPS) is 11.5. The smallest absolute Gasteiger partial charge is 0.341 e. The highest BCUT2D eigenvalue weighted by Gasteiger charge is 2.30. The van der Waals surface area contributed by atoms with Crippen LogP contribution in [-0.2, 0) is 30.4 Å². The van der Waals surface area contributed by atoms with Crippen molar-refractivity contribution in [3.05, 3.63) is 71.1 Å². The van der Waals surface area contributed by atoms with E-state index in [1.54, 1.807) is 7.05 Å². The molecule has 5 nitrogen and oxygen atoms in total. The van der Waals surface area contributed by atoms with Gasteiger partial charge in [-0.05, 0) is 29.7 Å². The number of hydrogen-bond donors (Lipinski definition) is 0. The lowest BCUT2D eigenvalue weighted by Gasteiger charge is -2.17. The second-order valence-corrected chi connectivity index (χ2v) is 7.01. The minimum absolute atomic E-state index is 0.160. The molecule has 8 heteroatoms. The van der Waals surface area contributed by atoms with Gasteiger partial charge in [0, 0.05) is 32.0 Å². The molecular formula is C22H22F3N3O2. The number of aromatic nitrogens is 2. The van der Waals surface area contributed by atoms with Crippen LogP contribution in [0.2, 0.25) is 0 Å². The summed E-state index contributed by atoms with van der Waals surface area (Å²) in [7, 11) is 1.61. The number of alkyl halides is 3. The first kappa shape index (κ1) is 21.5. The molecular weight excluding hydrogens is 395 g/mol. The first-order valence-corrected chi connectivity index (χ1v) is 9.58. The predicted molar refractivity (Wildman–Crippen MR) is 105 cm³/mol. The summed E-state index contributed by atoms with van der Waals surface area (Å²) < 4.78 is 43.1. The fourth-order valence-electron chi connectivity index (χ4n) is 2.93. The van der Waals surface area contributed by atoms with Gasteiger partial charge in [0.25, 0.3) is 0 Å². The van der Waals surface area contributed by atoms with Crippen LogP contribution in [0.5, 0.6) is 0 Å². The van der Waals surface area contributed by atoms with E-state index in [-0.39, 0.29) is 25.3 Å². The standard InChI is InChI=1S/C22H22F3N3O2/c1-3-15-4-8-17(9-5-15)21-26-19(30-27-21)12-13-20(29)28(2)14-16-6-10-18(11-7-16)22(23,24)25/h4-11H,3,12-14H2,1-2H3. The van der Waals surface area contributed by atoms with Gasteiger partial charge in [-0.15, -0.1) is 0 Å². The highest BCUT2D eigenvalue weighted by atomic mass is 19.4. The van der Waals surface area contributed by atoms with Crippen LogP contribution in [0.1, 0.15) is 35.9 Å². The van der Waals surface area contributed by atoms with E-state index in [1.165, 1.54) is 22.6 Å². The number of benzene rings is 2. The molecule has 0 radical (unpaired) electrons. The summed E-state index contributed by atoms with van der Waals surface area (Å²) in [5, 5.41) is 3.96. The molecule has 0 atom stereocenters. The number of carbonyl (C=O) groups excluding carboxylic acids is 1. The van der Waals surface area contributed by atoms with E-state index < -0.39 is 11.7 Å². The highest BCUT2D eigenvalue weighted by Crippen LogP contribution is 2.29. The summed E-state index contributed by atoms with van der Waals surface area (Å²) in [4.78, 5) is 18.1. The Balaban J connectivity index is 1.53. The third-order valence-electron chi connectivity index (χ3n) is 4.77. The fourth-order valence-corrected chi connectivity index (χ4v) is 2.93. The second-order valence-electron chi connectivity index (χ2n) is 7.01. The molecule has 0 aliphatic rings. The van der Waals surface area contributed by atoms with Gasteiger partial charge in [-0.25, -0.2) is 0 Å².